The number of likely N-dealkylation sites (tertiary alicyclic amines) is 1. The molecule has 1 atom stereocenters. The number of nitrogens with one attached hydrogen (secondary N) is 1. The molecule has 0 aliphatic carbocycles. The minimum atomic E-state index is 0.655. The summed E-state index contributed by atoms with van der Waals surface area (Å²) in [4.78, 5) is 2.62. The van der Waals surface area contributed by atoms with E-state index in [9.17, 15) is 0 Å². The molecule has 0 saturated carbocycles. The van der Waals surface area contributed by atoms with Crippen LogP contribution >= 0.6 is 0 Å². The van der Waals surface area contributed by atoms with E-state index in [-0.39, 0.29) is 0 Å². The van der Waals surface area contributed by atoms with Gasteiger partial charge in [0.2, 0.25) is 0 Å². The number of nitrogens with zero attached hydrogens (tertiary/aromatic N) is 1. The Morgan fingerprint density at radius 1 is 1.04 bits per heavy atom. The van der Waals surface area contributed by atoms with Crippen LogP contribution in [-0.4, -0.2) is 43.3 Å². The zero-order valence-electron chi connectivity index (χ0n) is 15.5. The molecule has 1 aromatic carbocycles. The SMILES string of the molecule is CC(C)Cc1ccc(CN2CCC[C@@H](NC3CCOCC3)C2)cc1. The summed E-state index contributed by atoms with van der Waals surface area (Å²) in [5, 5.41) is 3.88. The molecule has 0 radical (unpaired) electrons. The lowest BCUT2D eigenvalue weighted by Gasteiger charge is -2.36. The van der Waals surface area contributed by atoms with Gasteiger partial charge < -0.3 is 10.1 Å². The Bertz CT molecular complexity index is 479. The first kappa shape index (κ1) is 17.9. The Morgan fingerprint density at radius 3 is 2.46 bits per heavy atom. The monoisotopic (exact) mass is 330 g/mol. The van der Waals surface area contributed by atoms with Crippen molar-refractivity contribution in [1.29, 1.82) is 0 Å². The van der Waals surface area contributed by atoms with Gasteiger partial charge in [-0.1, -0.05) is 38.1 Å². The van der Waals surface area contributed by atoms with E-state index < -0.39 is 0 Å². The fourth-order valence-electron chi connectivity index (χ4n) is 4.04. The molecule has 3 nitrogen and oxygen atoms in total. The number of ether oxygens (including phenoxy) is 1. The Morgan fingerprint density at radius 2 is 1.75 bits per heavy atom. The summed E-state index contributed by atoms with van der Waals surface area (Å²) < 4.78 is 5.47. The maximum atomic E-state index is 5.47. The normalized spacial score (nSPS) is 23.7. The van der Waals surface area contributed by atoms with Crippen LogP contribution in [0, 0.1) is 5.92 Å². The largest absolute Gasteiger partial charge is 0.381 e. The minimum absolute atomic E-state index is 0.655. The highest BCUT2D eigenvalue weighted by Crippen LogP contribution is 2.17. The van der Waals surface area contributed by atoms with Crippen molar-refractivity contribution in [1.82, 2.24) is 10.2 Å². The van der Waals surface area contributed by atoms with Gasteiger partial charge in [0.05, 0.1) is 0 Å². The summed E-state index contributed by atoms with van der Waals surface area (Å²) in [6.45, 7) is 9.94. The maximum absolute atomic E-state index is 5.47. The summed E-state index contributed by atoms with van der Waals surface area (Å²) in [7, 11) is 0. The van der Waals surface area contributed by atoms with Crippen LogP contribution in [0.5, 0.6) is 0 Å². The third kappa shape index (κ3) is 5.58. The van der Waals surface area contributed by atoms with Gasteiger partial charge in [-0.2, -0.15) is 0 Å². The van der Waals surface area contributed by atoms with Gasteiger partial charge in [-0.3, -0.25) is 4.90 Å². The number of benzene rings is 1. The average Bonchev–Trinajstić information content (AvgIpc) is 2.57. The second kappa shape index (κ2) is 8.98. The van der Waals surface area contributed by atoms with Gasteiger partial charge in [-0.25, -0.2) is 0 Å². The number of piperidine rings is 1. The summed E-state index contributed by atoms with van der Waals surface area (Å²) in [5.74, 6) is 0.731. The third-order valence-corrected chi connectivity index (χ3v) is 5.27. The highest BCUT2D eigenvalue weighted by Gasteiger charge is 2.23. The van der Waals surface area contributed by atoms with Crippen molar-refractivity contribution in [2.75, 3.05) is 26.3 Å². The smallest absolute Gasteiger partial charge is 0.0480 e. The van der Waals surface area contributed by atoms with Gasteiger partial charge in [0.15, 0.2) is 0 Å². The van der Waals surface area contributed by atoms with Crippen LogP contribution in [0.4, 0.5) is 0 Å². The molecule has 2 heterocycles. The highest BCUT2D eigenvalue weighted by molar-refractivity contribution is 5.23. The fraction of sp³-hybridized carbons (Fsp3) is 0.714. The molecule has 0 spiro atoms. The molecule has 2 saturated heterocycles. The van der Waals surface area contributed by atoms with E-state index in [4.69, 9.17) is 4.74 Å². The van der Waals surface area contributed by atoms with E-state index >= 15 is 0 Å². The Balaban J connectivity index is 1.47. The second-order valence-corrected chi connectivity index (χ2v) is 8.04. The van der Waals surface area contributed by atoms with E-state index in [1.54, 1.807) is 0 Å². The van der Waals surface area contributed by atoms with Crippen LogP contribution in [0.2, 0.25) is 0 Å². The standard InChI is InChI=1S/C21H34N2O/c1-17(2)14-18-5-7-19(8-6-18)15-23-11-3-4-21(16-23)22-20-9-12-24-13-10-20/h5-8,17,20-22H,3-4,9-16H2,1-2H3/t21-/m1/s1. The molecule has 24 heavy (non-hydrogen) atoms. The number of hydrogen-bond acceptors (Lipinski definition) is 3. The zero-order valence-corrected chi connectivity index (χ0v) is 15.5. The van der Waals surface area contributed by atoms with Crippen LogP contribution in [0.1, 0.15) is 50.7 Å². The summed E-state index contributed by atoms with van der Waals surface area (Å²) >= 11 is 0. The zero-order chi connectivity index (χ0) is 16.8. The maximum Gasteiger partial charge on any atom is 0.0480 e. The Labute approximate surface area is 147 Å². The van der Waals surface area contributed by atoms with E-state index in [0.29, 0.717) is 12.1 Å². The van der Waals surface area contributed by atoms with Crippen LogP contribution in [0.25, 0.3) is 0 Å². The molecule has 2 fully saturated rings. The third-order valence-electron chi connectivity index (χ3n) is 5.27. The molecule has 3 rings (SSSR count). The van der Waals surface area contributed by atoms with Crippen LogP contribution < -0.4 is 5.32 Å². The van der Waals surface area contributed by atoms with Gasteiger partial charge in [0.1, 0.15) is 0 Å². The predicted octanol–water partition coefficient (Wildman–Crippen LogP) is 3.62. The Hall–Kier alpha value is -0.900. The highest BCUT2D eigenvalue weighted by atomic mass is 16.5. The van der Waals surface area contributed by atoms with Crippen molar-refractivity contribution in [2.45, 2.75) is 64.6 Å². The molecule has 1 N–H and O–H groups in total. The number of hydrogen-bond donors (Lipinski definition) is 1. The topological polar surface area (TPSA) is 24.5 Å². The van der Waals surface area contributed by atoms with Crippen LogP contribution in [0.15, 0.2) is 24.3 Å². The summed E-state index contributed by atoms with van der Waals surface area (Å²) in [6, 6.07) is 10.6. The van der Waals surface area contributed by atoms with Crippen molar-refractivity contribution in [2.24, 2.45) is 5.92 Å². The average molecular weight is 331 g/mol. The van der Waals surface area contributed by atoms with Crippen molar-refractivity contribution in [3.8, 4) is 0 Å². The molecule has 0 bridgehead atoms. The quantitative estimate of drug-likeness (QED) is 0.862. The minimum Gasteiger partial charge on any atom is -0.381 e. The van der Waals surface area contributed by atoms with Crippen molar-refractivity contribution in [3.63, 3.8) is 0 Å². The molecule has 2 aliphatic rings. The lowest BCUT2D eigenvalue weighted by atomic mass is 10.00. The lowest BCUT2D eigenvalue weighted by molar-refractivity contribution is 0.0690. The van der Waals surface area contributed by atoms with Gasteiger partial charge in [-0.15, -0.1) is 0 Å². The molecule has 0 aromatic heterocycles. The first-order valence-corrected chi connectivity index (χ1v) is 9.83. The fourth-order valence-corrected chi connectivity index (χ4v) is 4.04. The van der Waals surface area contributed by atoms with E-state index in [1.165, 1.54) is 56.3 Å². The lowest BCUT2D eigenvalue weighted by Crippen LogP contribution is -2.50. The first-order valence-electron chi connectivity index (χ1n) is 9.83. The van der Waals surface area contributed by atoms with Crippen molar-refractivity contribution < 1.29 is 4.74 Å². The summed E-state index contributed by atoms with van der Waals surface area (Å²) in [5.41, 5.74) is 2.92. The molecule has 2 aliphatic heterocycles. The molecular weight excluding hydrogens is 296 g/mol. The van der Waals surface area contributed by atoms with Gasteiger partial charge in [0.25, 0.3) is 0 Å². The van der Waals surface area contributed by atoms with Gasteiger partial charge in [-0.05, 0) is 55.7 Å². The van der Waals surface area contributed by atoms with Gasteiger partial charge >= 0.3 is 0 Å². The van der Waals surface area contributed by atoms with Crippen LogP contribution in [0.3, 0.4) is 0 Å². The van der Waals surface area contributed by atoms with E-state index in [2.05, 4.69) is 48.3 Å². The van der Waals surface area contributed by atoms with Crippen molar-refractivity contribution >= 4 is 0 Å². The van der Waals surface area contributed by atoms with Gasteiger partial charge in [0, 0.05) is 38.4 Å². The van der Waals surface area contributed by atoms with Crippen molar-refractivity contribution in [3.05, 3.63) is 35.4 Å². The summed E-state index contributed by atoms with van der Waals surface area (Å²) in [6.07, 6.45) is 6.16. The van der Waals surface area contributed by atoms with E-state index in [0.717, 1.165) is 25.7 Å². The van der Waals surface area contributed by atoms with E-state index in [1.807, 2.05) is 0 Å². The molecular formula is C21H34N2O. The molecule has 134 valence electrons. The molecule has 3 heteroatoms. The molecule has 0 amide bonds. The number of rotatable bonds is 6. The van der Waals surface area contributed by atoms with Crippen LogP contribution in [-0.2, 0) is 17.7 Å². The Kier molecular flexibility index (Phi) is 6.70. The predicted molar refractivity (Wildman–Crippen MR) is 100 cm³/mol. The first-order chi connectivity index (χ1) is 11.7. The molecule has 0 unspecified atom stereocenters. The second-order valence-electron chi connectivity index (χ2n) is 8.04. The molecule has 1 aromatic rings.